The highest BCUT2D eigenvalue weighted by atomic mass is 19.4. The Bertz CT molecular complexity index is 889. The van der Waals surface area contributed by atoms with Gasteiger partial charge < -0.3 is 10.4 Å². The van der Waals surface area contributed by atoms with E-state index in [9.17, 15) is 27.9 Å². The molecule has 2 aromatic rings. The number of carbonyl (C=O) groups is 2. The summed E-state index contributed by atoms with van der Waals surface area (Å²) in [5.41, 5.74) is -1.19. The van der Waals surface area contributed by atoms with E-state index < -0.39 is 29.2 Å². The number of carboxylic acid groups (broad SMARTS) is 1. The molecule has 0 saturated heterocycles. The van der Waals surface area contributed by atoms with Crippen LogP contribution in [0.2, 0.25) is 0 Å². The number of nitrogens with zero attached hydrogens (tertiary/aromatic N) is 2. The van der Waals surface area contributed by atoms with Gasteiger partial charge in [0, 0.05) is 12.1 Å². The van der Waals surface area contributed by atoms with Crippen molar-refractivity contribution in [3.63, 3.8) is 0 Å². The molecule has 1 aliphatic rings. The number of rotatable bonds is 5. The zero-order valence-corrected chi connectivity index (χ0v) is 14.6. The van der Waals surface area contributed by atoms with Crippen molar-refractivity contribution in [2.75, 3.05) is 5.32 Å². The predicted molar refractivity (Wildman–Crippen MR) is 90.1 cm³/mol. The van der Waals surface area contributed by atoms with Gasteiger partial charge in [-0.2, -0.15) is 18.3 Å². The molecule has 6 nitrogen and oxygen atoms in total. The van der Waals surface area contributed by atoms with Crippen LogP contribution in [0.15, 0.2) is 36.7 Å². The van der Waals surface area contributed by atoms with Crippen LogP contribution in [0, 0.1) is 5.92 Å². The largest absolute Gasteiger partial charge is 0.479 e. The Morgan fingerprint density at radius 1 is 1.30 bits per heavy atom. The fourth-order valence-corrected chi connectivity index (χ4v) is 2.82. The number of aliphatic carboxylic acids is 1. The zero-order chi connectivity index (χ0) is 20.0. The number of halogens is 3. The van der Waals surface area contributed by atoms with Crippen LogP contribution < -0.4 is 5.32 Å². The first-order chi connectivity index (χ1) is 12.5. The molecule has 1 aliphatic carbocycles. The van der Waals surface area contributed by atoms with Gasteiger partial charge in [-0.3, -0.25) is 9.48 Å². The van der Waals surface area contributed by atoms with E-state index in [-0.39, 0.29) is 11.8 Å². The maximum absolute atomic E-state index is 12.8. The number of alkyl halides is 3. The highest BCUT2D eigenvalue weighted by Gasteiger charge is 2.45. The molecule has 2 atom stereocenters. The summed E-state index contributed by atoms with van der Waals surface area (Å²) in [6.45, 7) is 2.94. The molecule has 3 rings (SSSR count). The molecule has 1 heterocycles. The average Bonchev–Trinajstić information content (AvgIpc) is 3.26. The van der Waals surface area contributed by atoms with Gasteiger partial charge in [0.25, 0.3) is 0 Å². The van der Waals surface area contributed by atoms with Gasteiger partial charge in [-0.1, -0.05) is 18.2 Å². The maximum atomic E-state index is 12.8. The van der Waals surface area contributed by atoms with Crippen molar-refractivity contribution in [1.82, 2.24) is 9.78 Å². The normalized spacial score (nSPS) is 19.6. The minimum atomic E-state index is -4.42. The lowest BCUT2D eigenvalue weighted by molar-refractivity contribution is -0.146. The second-order valence-electron chi connectivity index (χ2n) is 7.10. The van der Waals surface area contributed by atoms with Crippen LogP contribution in [-0.4, -0.2) is 26.8 Å². The summed E-state index contributed by atoms with van der Waals surface area (Å²) >= 11 is 0. The summed E-state index contributed by atoms with van der Waals surface area (Å²) in [7, 11) is 0. The van der Waals surface area contributed by atoms with E-state index in [1.807, 2.05) is 0 Å². The van der Waals surface area contributed by atoms with Crippen molar-refractivity contribution in [3.05, 3.63) is 47.8 Å². The first-order valence-corrected chi connectivity index (χ1v) is 8.26. The molecule has 1 amide bonds. The molecule has 0 radical (unpaired) electrons. The quantitative estimate of drug-likeness (QED) is 0.831. The van der Waals surface area contributed by atoms with Crippen LogP contribution in [0.1, 0.15) is 37.3 Å². The number of benzene rings is 1. The number of anilines is 1. The van der Waals surface area contributed by atoms with Crippen LogP contribution in [-0.2, 0) is 21.3 Å². The van der Waals surface area contributed by atoms with Gasteiger partial charge in [0.15, 0.2) is 5.54 Å². The number of aromatic nitrogens is 2. The summed E-state index contributed by atoms with van der Waals surface area (Å²) in [6.07, 6.45) is -1.21. The molecule has 27 heavy (non-hydrogen) atoms. The minimum Gasteiger partial charge on any atom is -0.479 e. The topological polar surface area (TPSA) is 84.2 Å². The summed E-state index contributed by atoms with van der Waals surface area (Å²) in [5, 5.41) is 15.8. The number of carboxylic acids is 1. The number of amides is 1. The molecule has 144 valence electrons. The van der Waals surface area contributed by atoms with Gasteiger partial charge in [0.05, 0.1) is 17.4 Å². The third-order valence-electron chi connectivity index (χ3n) is 4.72. The number of hydrogen-bond donors (Lipinski definition) is 2. The van der Waals surface area contributed by atoms with Gasteiger partial charge in [0.2, 0.25) is 5.91 Å². The Balaban J connectivity index is 1.66. The minimum absolute atomic E-state index is 0.266. The molecule has 1 aromatic heterocycles. The lowest BCUT2D eigenvalue weighted by Crippen LogP contribution is -2.35. The second-order valence-corrected chi connectivity index (χ2v) is 7.10. The van der Waals surface area contributed by atoms with Crippen LogP contribution in [0.25, 0.3) is 0 Å². The van der Waals surface area contributed by atoms with Crippen LogP contribution in [0.5, 0.6) is 0 Å². The molecule has 0 spiro atoms. The standard InChI is InChI=1S/C18H18F3N3O3/c1-17(2,16(26)27)24-9-12(8-22-24)23-15(25)14-7-13(14)10-4-3-5-11(6-10)18(19,20)21/h3-6,8-9,13-14H,7H2,1-2H3,(H,23,25)(H,26,27). The maximum Gasteiger partial charge on any atom is 0.416 e. The second kappa shape index (κ2) is 6.40. The number of carbonyl (C=O) groups excluding carboxylic acids is 1. The monoisotopic (exact) mass is 381 g/mol. The van der Waals surface area contributed by atoms with Crippen molar-refractivity contribution in [2.24, 2.45) is 5.92 Å². The summed E-state index contributed by atoms with van der Waals surface area (Å²) in [5.74, 6) is -2.09. The van der Waals surface area contributed by atoms with Gasteiger partial charge >= 0.3 is 12.1 Å². The van der Waals surface area contributed by atoms with E-state index in [2.05, 4.69) is 10.4 Å². The number of nitrogens with one attached hydrogen (secondary N) is 1. The Kier molecular flexibility index (Phi) is 4.49. The molecular formula is C18H18F3N3O3. The Morgan fingerprint density at radius 2 is 2.00 bits per heavy atom. The van der Waals surface area contributed by atoms with E-state index in [1.54, 1.807) is 6.07 Å². The zero-order valence-electron chi connectivity index (χ0n) is 14.6. The van der Waals surface area contributed by atoms with E-state index >= 15 is 0 Å². The number of hydrogen-bond acceptors (Lipinski definition) is 3. The molecule has 2 N–H and O–H groups in total. The first kappa shape index (κ1) is 18.9. The molecule has 9 heteroatoms. The van der Waals surface area contributed by atoms with Crippen LogP contribution in [0.4, 0.5) is 18.9 Å². The smallest absolute Gasteiger partial charge is 0.416 e. The Labute approximate surface area is 153 Å². The van der Waals surface area contributed by atoms with Gasteiger partial charge in [-0.05, 0) is 37.8 Å². The first-order valence-electron chi connectivity index (χ1n) is 8.26. The highest BCUT2D eigenvalue weighted by molar-refractivity contribution is 5.95. The fourth-order valence-electron chi connectivity index (χ4n) is 2.82. The van der Waals surface area contributed by atoms with E-state index in [4.69, 9.17) is 0 Å². The lowest BCUT2D eigenvalue weighted by Gasteiger charge is -2.19. The van der Waals surface area contributed by atoms with Gasteiger partial charge in [-0.15, -0.1) is 0 Å². The third kappa shape index (κ3) is 3.81. The average molecular weight is 381 g/mol. The van der Waals surface area contributed by atoms with Crippen molar-refractivity contribution < 1.29 is 27.9 Å². The highest BCUT2D eigenvalue weighted by Crippen LogP contribution is 2.48. The molecule has 1 fully saturated rings. The van der Waals surface area contributed by atoms with Crippen molar-refractivity contribution in [2.45, 2.75) is 37.9 Å². The Morgan fingerprint density at radius 3 is 2.63 bits per heavy atom. The molecule has 0 aliphatic heterocycles. The third-order valence-corrected chi connectivity index (χ3v) is 4.72. The van der Waals surface area contributed by atoms with E-state index in [1.165, 1.54) is 37.0 Å². The van der Waals surface area contributed by atoms with Crippen LogP contribution >= 0.6 is 0 Å². The van der Waals surface area contributed by atoms with Crippen molar-refractivity contribution in [3.8, 4) is 0 Å². The van der Waals surface area contributed by atoms with Crippen molar-refractivity contribution in [1.29, 1.82) is 0 Å². The summed E-state index contributed by atoms with van der Waals surface area (Å²) in [4.78, 5) is 23.6. The molecule has 1 aromatic carbocycles. The van der Waals surface area contributed by atoms with E-state index in [0.717, 1.165) is 12.1 Å². The lowest BCUT2D eigenvalue weighted by atomic mass is 10.1. The van der Waals surface area contributed by atoms with E-state index in [0.29, 0.717) is 17.7 Å². The fraction of sp³-hybridized carbons (Fsp3) is 0.389. The summed E-state index contributed by atoms with van der Waals surface area (Å²) in [6, 6.07) is 4.99. The molecule has 2 unspecified atom stereocenters. The summed E-state index contributed by atoms with van der Waals surface area (Å²) < 4.78 is 39.7. The molecule has 1 saturated carbocycles. The van der Waals surface area contributed by atoms with Gasteiger partial charge in [-0.25, -0.2) is 4.79 Å². The molecule has 0 bridgehead atoms. The van der Waals surface area contributed by atoms with Crippen molar-refractivity contribution >= 4 is 17.6 Å². The van der Waals surface area contributed by atoms with Crippen LogP contribution in [0.3, 0.4) is 0 Å². The predicted octanol–water partition coefficient (Wildman–Crippen LogP) is 3.46. The SMILES string of the molecule is CC(C)(C(=O)O)n1cc(NC(=O)C2CC2c2cccc(C(F)(F)F)c2)cn1. The van der Waals surface area contributed by atoms with Gasteiger partial charge in [0.1, 0.15) is 0 Å². The molecular weight excluding hydrogens is 363 g/mol. The Hall–Kier alpha value is -2.84.